The fraction of sp³-hybridized carbons (Fsp3) is 0.278. The van der Waals surface area contributed by atoms with Gasteiger partial charge in [0, 0.05) is 6.20 Å². The maximum absolute atomic E-state index is 12.4. The fourth-order valence-electron chi connectivity index (χ4n) is 2.89. The first-order valence-corrected chi connectivity index (χ1v) is 7.94. The van der Waals surface area contributed by atoms with Crippen molar-refractivity contribution in [3.63, 3.8) is 0 Å². The number of benzene rings is 1. The van der Waals surface area contributed by atoms with Crippen LogP contribution in [0.25, 0.3) is 16.8 Å². The van der Waals surface area contributed by atoms with E-state index in [9.17, 15) is 4.79 Å². The number of ether oxygens (including phenoxy) is 2. The third kappa shape index (κ3) is 2.67. The number of methoxy groups -OCH3 is 1. The molecule has 7 nitrogen and oxygen atoms in total. The van der Waals surface area contributed by atoms with Gasteiger partial charge in [-0.05, 0) is 38.0 Å². The predicted molar refractivity (Wildman–Crippen MR) is 94.8 cm³/mol. The summed E-state index contributed by atoms with van der Waals surface area (Å²) in [5.41, 5.74) is 9.92. The summed E-state index contributed by atoms with van der Waals surface area (Å²) in [7, 11) is 1.61. The highest BCUT2D eigenvalue weighted by Gasteiger charge is 2.22. The Morgan fingerprint density at radius 3 is 2.72 bits per heavy atom. The molecule has 1 aromatic carbocycles. The number of pyridine rings is 1. The van der Waals surface area contributed by atoms with Gasteiger partial charge in [0.05, 0.1) is 30.5 Å². The Hall–Kier alpha value is -3.09. The van der Waals surface area contributed by atoms with Gasteiger partial charge in [-0.25, -0.2) is 4.79 Å². The Kier molecular flexibility index (Phi) is 4.31. The highest BCUT2D eigenvalue weighted by atomic mass is 16.5. The lowest BCUT2D eigenvalue weighted by Crippen LogP contribution is -2.11. The molecule has 2 heterocycles. The zero-order chi connectivity index (χ0) is 18.1. The van der Waals surface area contributed by atoms with Crippen LogP contribution in [0.2, 0.25) is 0 Å². The van der Waals surface area contributed by atoms with Crippen LogP contribution in [0.4, 0.5) is 5.69 Å². The van der Waals surface area contributed by atoms with Gasteiger partial charge in [0.2, 0.25) is 0 Å². The van der Waals surface area contributed by atoms with Gasteiger partial charge in [-0.15, -0.1) is 10.2 Å². The lowest BCUT2D eigenvalue weighted by atomic mass is 9.97. The van der Waals surface area contributed by atoms with Gasteiger partial charge in [0.25, 0.3) is 0 Å². The monoisotopic (exact) mass is 340 g/mol. The van der Waals surface area contributed by atoms with Crippen molar-refractivity contribution in [1.82, 2.24) is 14.6 Å². The Balaban J connectivity index is 2.38. The second kappa shape index (κ2) is 6.43. The molecule has 2 aromatic heterocycles. The van der Waals surface area contributed by atoms with Gasteiger partial charge < -0.3 is 15.2 Å². The van der Waals surface area contributed by atoms with Crippen molar-refractivity contribution >= 4 is 17.3 Å². The number of hydrogen-bond donors (Lipinski definition) is 1. The second-order valence-corrected chi connectivity index (χ2v) is 5.63. The summed E-state index contributed by atoms with van der Waals surface area (Å²) < 4.78 is 12.3. The molecule has 0 aliphatic heterocycles. The van der Waals surface area contributed by atoms with Crippen LogP contribution in [0, 0.1) is 13.8 Å². The summed E-state index contributed by atoms with van der Waals surface area (Å²) in [6, 6.07) is 5.66. The molecule has 3 rings (SSSR count). The Bertz CT molecular complexity index is 963. The van der Waals surface area contributed by atoms with Gasteiger partial charge in [-0.3, -0.25) is 4.40 Å². The van der Waals surface area contributed by atoms with E-state index in [0.29, 0.717) is 22.7 Å². The third-order valence-corrected chi connectivity index (χ3v) is 4.18. The first-order valence-electron chi connectivity index (χ1n) is 7.94. The number of aryl methyl sites for hydroxylation is 1. The van der Waals surface area contributed by atoms with E-state index in [1.165, 1.54) is 0 Å². The zero-order valence-electron chi connectivity index (χ0n) is 14.7. The third-order valence-electron chi connectivity index (χ3n) is 4.18. The van der Waals surface area contributed by atoms with E-state index in [2.05, 4.69) is 10.2 Å². The van der Waals surface area contributed by atoms with Crippen LogP contribution in [-0.2, 0) is 4.74 Å². The zero-order valence-corrected chi connectivity index (χ0v) is 14.7. The van der Waals surface area contributed by atoms with Crippen LogP contribution >= 0.6 is 0 Å². The van der Waals surface area contributed by atoms with E-state index < -0.39 is 5.97 Å². The van der Waals surface area contributed by atoms with Crippen molar-refractivity contribution in [3.8, 4) is 16.9 Å². The van der Waals surface area contributed by atoms with Crippen LogP contribution in [0.1, 0.15) is 28.7 Å². The average Bonchev–Trinajstić information content (AvgIpc) is 2.96. The topological polar surface area (TPSA) is 91.7 Å². The summed E-state index contributed by atoms with van der Waals surface area (Å²) in [5, 5.41) is 8.35. The lowest BCUT2D eigenvalue weighted by Gasteiger charge is -2.15. The summed E-state index contributed by atoms with van der Waals surface area (Å²) >= 11 is 0. The molecule has 0 unspecified atom stereocenters. The molecule has 0 atom stereocenters. The molecule has 0 radical (unpaired) electrons. The summed E-state index contributed by atoms with van der Waals surface area (Å²) in [6.45, 7) is 5.77. The molecule has 0 bridgehead atoms. The van der Waals surface area contributed by atoms with E-state index in [0.717, 1.165) is 16.9 Å². The molecule has 130 valence electrons. The molecule has 0 saturated heterocycles. The summed E-state index contributed by atoms with van der Waals surface area (Å²) in [5.74, 6) is 0.909. The van der Waals surface area contributed by atoms with Gasteiger partial charge in [-0.2, -0.15) is 0 Å². The van der Waals surface area contributed by atoms with E-state index in [-0.39, 0.29) is 12.2 Å². The number of rotatable bonds is 4. The minimum Gasteiger partial charge on any atom is -0.496 e. The van der Waals surface area contributed by atoms with E-state index in [1.807, 2.05) is 32.0 Å². The predicted octanol–water partition coefficient (Wildman–Crippen LogP) is 2.78. The molecule has 3 aromatic rings. The molecular formula is C18H20N4O3. The molecule has 7 heteroatoms. The van der Waals surface area contributed by atoms with Crippen molar-refractivity contribution in [2.75, 3.05) is 19.5 Å². The van der Waals surface area contributed by atoms with Crippen molar-refractivity contribution in [2.45, 2.75) is 20.8 Å². The number of carbonyl (C=O) groups excluding carboxylic acids is 1. The first-order chi connectivity index (χ1) is 12.0. The van der Waals surface area contributed by atoms with Gasteiger partial charge >= 0.3 is 5.97 Å². The highest BCUT2D eigenvalue weighted by molar-refractivity contribution is 6.02. The average molecular weight is 340 g/mol. The lowest BCUT2D eigenvalue weighted by molar-refractivity contribution is 0.0527. The number of nitrogens with zero attached hydrogens (tertiary/aromatic N) is 3. The number of aromatic nitrogens is 3. The van der Waals surface area contributed by atoms with Crippen molar-refractivity contribution in [3.05, 3.63) is 41.3 Å². The highest BCUT2D eigenvalue weighted by Crippen LogP contribution is 2.37. The molecule has 0 amide bonds. The smallest absolute Gasteiger partial charge is 0.341 e. The minimum atomic E-state index is -0.475. The molecule has 0 spiro atoms. The van der Waals surface area contributed by atoms with Crippen LogP contribution < -0.4 is 10.5 Å². The van der Waals surface area contributed by atoms with E-state index in [1.54, 1.807) is 24.6 Å². The number of fused-ring (bicyclic) bond motifs is 1. The van der Waals surface area contributed by atoms with Crippen molar-refractivity contribution < 1.29 is 14.3 Å². The van der Waals surface area contributed by atoms with Gasteiger partial charge in [-0.1, -0.05) is 12.1 Å². The van der Waals surface area contributed by atoms with Gasteiger partial charge in [0.1, 0.15) is 11.6 Å². The normalized spacial score (nSPS) is 10.9. The number of carbonyl (C=O) groups is 1. The second-order valence-electron chi connectivity index (χ2n) is 5.63. The van der Waals surface area contributed by atoms with Crippen LogP contribution in [-0.4, -0.2) is 34.3 Å². The Labute approximate surface area is 145 Å². The first kappa shape index (κ1) is 16.8. The number of nitrogen functional groups attached to an aromatic ring is 1. The molecular weight excluding hydrogens is 320 g/mol. The Morgan fingerprint density at radius 1 is 1.28 bits per heavy atom. The number of hydrogen-bond acceptors (Lipinski definition) is 6. The van der Waals surface area contributed by atoms with E-state index in [4.69, 9.17) is 15.2 Å². The molecule has 0 aliphatic rings. The van der Waals surface area contributed by atoms with Crippen molar-refractivity contribution in [2.24, 2.45) is 0 Å². The molecule has 0 aliphatic carbocycles. The largest absolute Gasteiger partial charge is 0.496 e. The number of anilines is 1. The molecule has 2 N–H and O–H groups in total. The van der Waals surface area contributed by atoms with Crippen LogP contribution in [0.5, 0.6) is 5.75 Å². The summed E-state index contributed by atoms with van der Waals surface area (Å²) in [6.07, 6.45) is 1.62. The van der Waals surface area contributed by atoms with E-state index >= 15 is 0 Å². The molecule has 0 saturated carbocycles. The molecule has 25 heavy (non-hydrogen) atoms. The quantitative estimate of drug-likeness (QED) is 0.734. The van der Waals surface area contributed by atoms with Crippen LogP contribution in [0.3, 0.4) is 0 Å². The standard InChI is InChI=1S/C18H20N4O3/c1-5-25-18(23)13-9-22-11(3)20-21-17(22)15(16(13)19)12-7-6-8-14(24-4)10(12)2/h6-9H,5,19H2,1-4H3. The maximum Gasteiger partial charge on any atom is 0.341 e. The SMILES string of the molecule is CCOC(=O)c1cn2c(C)nnc2c(-c2cccc(OC)c2C)c1N. The Morgan fingerprint density at radius 2 is 2.04 bits per heavy atom. The van der Waals surface area contributed by atoms with Crippen LogP contribution in [0.15, 0.2) is 24.4 Å². The minimum absolute atomic E-state index is 0.269. The number of nitrogens with two attached hydrogens (primary N) is 1. The fourth-order valence-corrected chi connectivity index (χ4v) is 2.89. The summed E-state index contributed by atoms with van der Waals surface area (Å²) in [4.78, 5) is 12.4. The van der Waals surface area contributed by atoms with Gasteiger partial charge in [0.15, 0.2) is 5.65 Å². The van der Waals surface area contributed by atoms with Crippen molar-refractivity contribution in [1.29, 1.82) is 0 Å². The number of esters is 1. The maximum atomic E-state index is 12.4. The molecule has 0 fully saturated rings.